The van der Waals surface area contributed by atoms with Gasteiger partial charge in [-0.05, 0) is 42.5 Å². The maximum absolute atomic E-state index is 13.0. The Morgan fingerprint density at radius 3 is 2.52 bits per heavy atom. The molecule has 120 valence electrons. The van der Waals surface area contributed by atoms with E-state index >= 15 is 0 Å². The molecule has 0 aliphatic heterocycles. The van der Waals surface area contributed by atoms with Crippen molar-refractivity contribution in [1.29, 1.82) is 0 Å². The fourth-order valence-corrected chi connectivity index (χ4v) is 1.89. The molecule has 0 fully saturated rings. The zero-order valence-electron chi connectivity index (χ0n) is 11.9. The van der Waals surface area contributed by atoms with Crippen LogP contribution in [0, 0.1) is 5.82 Å². The van der Waals surface area contributed by atoms with Gasteiger partial charge in [0.2, 0.25) is 0 Å². The van der Waals surface area contributed by atoms with Crippen LogP contribution in [0.5, 0.6) is 5.75 Å². The van der Waals surface area contributed by atoms with E-state index in [9.17, 15) is 14.0 Å². The van der Waals surface area contributed by atoms with E-state index in [0.717, 1.165) is 10.5 Å². The van der Waals surface area contributed by atoms with Crippen molar-refractivity contribution in [1.82, 2.24) is 0 Å². The van der Waals surface area contributed by atoms with Crippen LogP contribution in [0.4, 0.5) is 10.1 Å². The third-order valence-electron chi connectivity index (χ3n) is 2.64. The number of halogens is 2. The number of nitrogens with one attached hydrogen (secondary N) is 1. The Balaban J connectivity index is 1.71. The molecule has 23 heavy (non-hydrogen) atoms. The summed E-state index contributed by atoms with van der Waals surface area (Å²) >= 11 is 3.28. The van der Waals surface area contributed by atoms with Crippen LogP contribution >= 0.6 is 15.9 Å². The lowest BCUT2D eigenvalue weighted by atomic mass is 10.3. The predicted octanol–water partition coefficient (Wildman–Crippen LogP) is 3.15. The van der Waals surface area contributed by atoms with Crippen molar-refractivity contribution in [3.05, 3.63) is 58.8 Å². The first-order valence-corrected chi connectivity index (χ1v) is 7.41. The minimum Gasteiger partial charge on any atom is -0.482 e. The van der Waals surface area contributed by atoms with Gasteiger partial charge in [-0.1, -0.05) is 22.0 Å². The Kier molecular flexibility index (Phi) is 6.10. The van der Waals surface area contributed by atoms with E-state index in [0.29, 0.717) is 5.75 Å². The highest BCUT2D eigenvalue weighted by atomic mass is 79.9. The number of benzene rings is 2. The Hall–Kier alpha value is -2.41. The molecule has 0 saturated carbocycles. The molecule has 0 radical (unpaired) electrons. The Morgan fingerprint density at radius 2 is 1.83 bits per heavy atom. The molecule has 0 heterocycles. The number of hydrogen-bond donors (Lipinski definition) is 1. The average molecular weight is 382 g/mol. The van der Waals surface area contributed by atoms with Crippen molar-refractivity contribution in [2.75, 3.05) is 18.5 Å². The second kappa shape index (κ2) is 8.28. The molecule has 1 N–H and O–H groups in total. The molecule has 5 nitrogen and oxygen atoms in total. The van der Waals surface area contributed by atoms with Gasteiger partial charge in [0.15, 0.2) is 13.2 Å². The first kappa shape index (κ1) is 17.0. The van der Waals surface area contributed by atoms with E-state index < -0.39 is 24.3 Å². The molecule has 2 aromatic rings. The normalized spacial score (nSPS) is 10.0. The number of anilines is 1. The second-order valence-electron chi connectivity index (χ2n) is 4.46. The third-order valence-corrected chi connectivity index (χ3v) is 3.17. The van der Waals surface area contributed by atoms with E-state index in [-0.39, 0.29) is 12.3 Å². The molecule has 0 unspecified atom stereocenters. The fourth-order valence-electron chi connectivity index (χ4n) is 1.62. The highest BCUT2D eigenvalue weighted by molar-refractivity contribution is 9.10. The molecule has 0 aliphatic carbocycles. The molecule has 7 heteroatoms. The average Bonchev–Trinajstić information content (AvgIpc) is 2.52. The van der Waals surface area contributed by atoms with E-state index in [1.165, 1.54) is 18.2 Å². The second-order valence-corrected chi connectivity index (χ2v) is 5.38. The summed E-state index contributed by atoms with van der Waals surface area (Å²) in [5, 5.41) is 2.42. The summed E-state index contributed by atoms with van der Waals surface area (Å²) in [5.41, 5.74) is 0.289. The van der Waals surface area contributed by atoms with Crippen molar-refractivity contribution in [2.45, 2.75) is 0 Å². The van der Waals surface area contributed by atoms with Crippen LogP contribution in [0.3, 0.4) is 0 Å². The topological polar surface area (TPSA) is 64.6 Å². The van der Waals surface area contributed by atoms with Gasteiger partial charge in [-0.3, -0.25) is 4.79 Å². The summed E-state index contributed by atoms with van der Waals surface area (Å²) in [6.45, 7) is -0.784. The minimum atomic E-state index is -0.678. The van der Waals surface area contributed by atoms with Gasteiger partial charge in [0.25, 0.3) is 5.91 Å². The van der Waals surface area contributed by atoms with Crippen molar-refractivity contribution in [2.24, 2.45) is 0 Å². The molecular weight excluding hydrogens is 369 g/mol. The number of ether oxygens (including phenoxy) is 2. The Bertz CT molecular complexity index is 691. The minimum absolute atomic E-state index is 0.289. The van der Waals surface area contributed by atoms with Gasteiger partial charge in [0.1, 0.15) is 11.6 Å². The molecule has 0 saturated heterocycles. The van der Waals surface area contributed by atoms with Crippen molar-refractivity contribution >= 4 is 33.5 Å². The lowest BCUT2D eigenvalue weighted by molar-refractivity contribution is -0.149. The number of carbonyl (C=O) groups excluding carboxylic acids is 2. The monoisotopic (exact) mass is 381 g/mol. The van der Waals surface area contributed by atoms with Gasteiger partial charge in [0, 0.05) is 10.2 Å². The first-order valence-electron chi connectivity index (χ1n) is 6.62. The Morgan fingerprint density at radius 1 is 1.09 bits per heavy atom. The molecule has 0 aromatic heterocycles. The van der Waals surface area contributed by atoms with Gasteiger partial charge in [0.05, 0.1) is 0 Å². The van der Waals surface area contributed by atoms with Crippen LogP contribution in [0.25, 0.3) is 0 Å². The van der Waals surface area contributed by atoms with Gasteiger partial charge in [-0.25, -0.2) is 9.18 Å². The maximum Gasteiger partial charge on any atom is 0.344 e. The summed E-state index contributed by atoms with van der Waals surface area (Å²) in [6, 6.07) is 12.3. The number of rotatable bonds is 6. The summed E-state index contributed by atoms with van der Waals surface area (Å²) in [4.78, 5) is 23.1. The fraction of sp³-hybridized carbons (Fsp3) is 0.125. The van der Waals surface area contributed by atoms with Gasteiger partial charge in [-0.2, -0.15) is 0 Å². The number of amides is 1. The standard InChI is InChI=1S/C16H13BrFNO4/c17-11-4-6-14(7-5-11)22-10-16(21)23-9-15(20)19-13-3-1-2-12(18)8-13/h1-8H,9-10H2,(H,19,20). The van der Waals surface area contributed by atoms with Crippen molar-refractivity contribution in [3.63, 3.8) is 0 Å². The highest BCUT2D eigenvalue weighted by Gasteiger charge is 2.09. The quantitative estimate of drug-likeness (QED) is 0.780. The molecule has 0 atom stereocenters. The molecular formula is C16H13BrFNO4. The Labute approximate surface area is 140 Å². The van der Waals surface area contributed by atoms with Crippen LogP contribution in [-0.2, 0) is 14.3 Å². The van der Waals surface area contributed by atoms with Crippen molar-refractivity contribution in [3.8, 4) is 5.75 Å². The lowest BCUT2D eigenvalue weighted by Crippen LogP contribution is -2.23. The highest BCUT2D eigenvalue weighted by Crippen LogP contribution is 2.16. The summed E-state index contributed by atoms with van der Waals surface area (Å²) in [5.74, 6) is -1.20. The summed E-state index contributed by atoms with van der Waals surface area (Å²) in [6.07, 6.45) is 0. The lowest BCUT2D eigenvalue weighted by Gasteiger charge is -2.08. The molecule has 0 aliphatic rings. The molecule has 1 amide bonds. The molecule has 0 spiro atoms. The number of carbonyl (C=O) groups is 2. The summed E-state index contributed by atoms with van der Waals surface area (Å²) in [7, 11) is 0. The smallest absolute Gasteiger partial charge is 0.344 e. The molecule has 0 bridgehead atoms. The van der Waals surface area contributed by atoms with Crippen LogP contribution in [0.1, 0.15) is 0 Å². The van der Waals surface area contributed by atoms with Crippen LogP contribution in [0.15, 0.2) is 53.0 Å². The maximum atomic E-state index is 13.0. The van der Waals surface area contributed by atoms with Gasteiger partial charge in [-0.15, -0.1) is 0 Å². The molecule has 2 rings (SSSR count). The molecule has 2 aromatic carbocycles. The zero-order valence-corrected chi connectivity index (χ0v) is 13.5. The van der Waals surface area contributed by atoms with Gasteiger partial charge >= 0.3 is 5.97 Å². The zero-order chi connectivity index (χ0) is 16.7. The van der Waals surface area contributed by atoms with E-state index in [1.54, 1.807) is 24.3 Å². The SMILES string of the molecule is O=C(COC(=O)COc1ccc(Br)cc1)Nc1cccc(F)c1. The predicted molar refractivity (Wildman–Crippen MR) is 85.6 cm³/mol. The van der Waals surface area contributed by atoms with Crippen molar-refractivity contribution < 1.29 is 23.5 Å². The number of hydrogen-bond acceptors (Lipinski definition) is 4. The van der Waals surface area contributed by atoms with E-state index in [2.05, 4.69) is 21.2 Å². The van der Waals surface area contributed by atoms with Crippen LogP contribution < -0.4 is 10.1 Å². The van der Waals surface area contributed by atoms with Crippen LogP contribution in [0.2, 0.25) is 0 Å². The number of esters is 1. The van der Waals surface area contributed by atoms with E-state index in [1.807, 2.05) is 0 Å². The third kappa shape index (κ3) is 6.07. The van der Waals surface area contributed by atoms with Gasteiger partial charge < -0.3 is 14.8 Å². The summed E-state index contributed by atoms with van der Waals surface area (Å²) < 4.78 is 23.8. The van der Waals surface area contributed by atoms with Crippen LogP contribution in [-0.4, -0.2) is 25.1 Å². The largest absolute Gasteiger partial charge is 0.482 e. The van der Waals surface area contributed by atoms with E-state index in [4.69, 9.17) is 9.47 Å². The first-order chi connectivity index (χ1) is 11.0.